The first-order chi connectivity index (χ1) is 29.7. The van der Waals surface area contributed by atoms with Crippen LogP contribution in [0.2, 0.25) is 0 Å². The number of unbranched alkanes of at least 4 members (excludes halogenated alkanes) is 3. The Bertz CT molecular complexity index is 2130. The number of hydrogen-bond acceptors (Lipinski definition) is 12. The molecule has 0 bridgehead atoms. The van der Waals surface area contributed by atoms with Crippen LogP contribution in [0.1, 0.15) is 84.0 Å². The van der Waals surface area contributed by atoms with E-state index in [0.29, 0.717) is 63.2 Å². The largest absolute Gasteiger partial charge is 0.416 e. The average Bonchev–Trinajstić information content (AvgIpc) is 3.20. The molecule has 0 aliphatic carbocycles. The van der Waals surface area contributed by atoms with Gasteiger partial charge in [0.25, 0.3) is 11.8 Å². The van der Waals surface area contributed by atoms with Gasteiger partial charge in [0.05, 0.1) is 49.5 Å². The molecule has 1 aromatic heterocycles. The molecule has 0 saturated carbocycles. The molecule has 17 nitrogen and oxygen atoms in total. The van der Waals surface area contributed by atoms with Crippen molar-refractivity contribution < 1.29 is 45.5 Å². The molecule has 3 aromatic rings. The molecule has 14 N–H and O–H groups in total. The maximum absolute atomic E-state index is 14.2. The van der Waals surface area contributed by atoms with Gasteiger partial charge < -0.3 is 49.9 Å². The molecule has 1 heterocycles. The molecule has 0 aliphatic rings. The summed E-state index contributed by atoms with van der Waals surface area (Å²) < 4.78 is 84.9. The van der Waals surface area contributed by atoms with Crippen LogP contribution in [-0.4, -0.2) is 83.1 Å². The number of anilines is 4. The Morgan fingerprint density at radius 2 is 1.00 bits per heavy atom. The topological polar surface area (TPSA) is 297 Å². The SMILES string of the molecule is CC(N)=NCCCCC(=O)Nc1cc(C(F)(F)F)cc(NC(=O)c2cc(C(=O)Nc3cc(C(F)(F)F)cc(NC(=O)CCCCCN=C(N)N)c3SCCN)ncn2)c1SCCN. The van der Waals surface area contributed by atoms with Crippen LogP contribution in [0.4, 0.5) is 49.1 Å². The van der Waals surface area contributed by atoms with Gasteiger partial charge in [-0.15, -0.1) is 23.5 Å². The van der Waals surface area contributed by atoms with E-state index in [1.54, 1.807) is 6.92 Å². The minimum absolute atomic E-state index is 0.0423. The number of carbonyl (C=O) groups is 4. The third-order valence-corrected chi connectivity index (χ3v) is 10.6. The lowest BCUT2D eigenvalue weighted by Gasteiger charge is -2.19. The fourth-order valence-corrected chi connectivity index (χ4v) is 7.13. The maximum Gasteiger partial charge on any atom is 0.416 e. The van der Waals surface area contributed by atoms with Gasteiger partial charge >= 0.3 is 12.4 Å². The maximum atomic E-state index is 14.2. The lowest BCUT2D eigenvalue weighted by atomic mass is 10.1. The molecule has 3 rings (SSSR count). The predicted molar refractivity (Wildman–Crippen MR) is 233 cm³/mol. The molecule has 0 spiro atoms. The molecule has 2 aromatic carbocycles. The number of nitrogens with two attached hydrogens (primary N) is 5. The van der Waals surface area contributed by atoms with E-state index in [4.69, 9.17) is 28.7 Å². The van der Waals surface area contributed by atoms with E-state index < -0.39 is 58.5 Å². The number of rotatable bonds is 23. The van der Waals surface area contributed by atoms with Crippen molar-refractivity contribution in [2.45, 2.75) is 74.0 Å². The Kier molecular flexibility index (Phi) is 20.4. The molecule has 0 radical (unpaired) electrons. The van der Waals surface area contributed by atoms with Crippen LogP contribution in [0.25, 0.3) is 0 Å². The average molecular weight is 930 g/mol. The number of alkyl halides is 6. The quantitative estimate of drug-likeness (QED) is 0.0190. The second-order valence-electron chi connectivity index (χ2n) is 13.5. The normalized spacial score (nSPS) is 11.8. The first kappa shape index (κ1) is 51.7. The Labute approximate surface area is 367 Å². The number of benzene rings is 2. The summed E-state index contributed by atoms with van der Waals surface area (Å²) >= 11 is 1.92. The van der Waals surface area contributed by atoms with E-state index in [1.165, 1.54) is 0 Å². The summed E-state index contributed by atoms with van der Waals surface area (Å²) in [4.78, 5) is 68.6. The zero-order chi connectivity index (χ0) is 46.7. The number of aliphatic imine (C=N–C) groups is 2. The minimum atomic E-state index is -4.92. The molecule has 4 amide bonds. The van der Waals surface area contributed by atoms with Gasteiger partial charge in [-0.3, -0.25) is 29.2 Å². The van der Waals surface area contributed by atoms with Crippen molar-refractivity contribution in [3.8, 4) is 0 Å². The number of thioether (sulfide) groups is 2. The molecular formula is C38H49F6N13O4S2. The van der Waals surface area contributed by atoms with Crippen molar-refractivity contribution in [3.63, 3.8) is 0 Å². The van der Waals surface area contributed by atoms with Crippen LogP contribution in [0.15, 0.2) is 56.4 Å². The zero-order valence-corrected chi connectivity index (χ0v) is 35.7. The van der Waals surface area contributed by atoms with Crippen molar-refractivity contribution in [1.29, 1.82) is 0 Å². The molecule has 25 heteroatoms. The fourth-order valence-electron chi connectivity index (χ4n) is 5.43. The summed E-state index contributed by atoms with van der Waals surface area (Å²) in [5, 5.41) is 9.71. The lowest BCUT2D eigenvalue weighted by Crippen LogP contribution is -2.22. The van der Waals surface area contributed by atoms with E-state index >= 15 is 0 Å². The molecule has 0 saturated heterocycles. The molecule has 0 atom stereocenters. The van der Waals surface area contributed by atoms with Crippen molar-refractivity contribution in [1.82, 2.24) is 9.97 Å². The van der Waals surface area contributed by atoms with Crippen molar-refractivity contribution in [3.05, 3.63) is 59.2 Å². The summed E-state index contributed by atoms with van der Waals surface area (Å²) in [6, 6.07) is 3.65. The van der Waals surface area contributed by atoms with Crippen LogP contribution in [0.3, 0.4) is 0 Å². The summed E-state index contributed by atoms with van der Waals surface area (Å²) in [7, 11) is 0. The Morgan fingerprint density at radius 1 is 0.603 bits per heavy atom. The van der Waals surface area contributed by atoms with Crippen LogP contribution in [-0.2, 0) is 21.9 Å². The summed E-state index contributed by atoms with van der Waals surface area (Å²) in [6.07, 6.45) is -6.85. The highest BCUT2D eigenvalue weighted by atomic mass is 32.2. The lowest BCUT2D eigenvalue weighted by molar-refractivity contribution is -0.138. The van der Waals surface area contributed by atoms with Crippen molar-refractivity contribution in [2.75, 3.05) is 59.0 Å². The van der Waals surface area contributed by atoms with Crippen LogP contribution in [0.5, 0.6) is 0 Å². The second kappa shape index (κ2) is 24.8. The Morgan fingerprint density at radius 3 is 1.40 bits per heavy atom. The van der Waals surface area contributed by atoms with Crippen molar-refractivity contribution in [2.24, 2.45) is 38.7 Å². The highest BCUT2D eigenvalue weighted by Crippen LogP contribution is 2.43. The molecule has 0 aliphatic heterocycles. The molecular weight excluding hydrogens is 881 g/mol. The number of nitrogens with zero attached hydrogens (tertiary/aromatic N) is 4. The Balaban J connectivity index is 1.94. The zero-order valence-electron chi connectivity index (χ0n) is 34.0. The summed E-state index contributed by atoms with van der Waals surface area (Å²) in [6.45, 7) is 2.44. The molecule has 63 heavy (non-hydrogen) atoms. The molecule has 0 unspecified atom stereocenters. The standard InChI is InChI=1S/C38H49F6N13O4S2/c1-21(47)50-11-6-4-8-31(59)55-25-16-23(38(42,43)44)18-27(33(25)63-14-10-46)57-35(61)29-19-28(52-20-53-29)34(60)56-26-17-22(37(39,40)41)15-24(32(26)62-13-9-45)54-30(58)7-3-2-5-12-51-36(48)49/h15-20H,2-14,45-46H2,1H3,(H2,47,50)(H,54,58)(H,55,59)(H,56,60)(H,57,61)(H4,48,49,51). The van der Waals surface area contributed by atoms with Gasteiger partial charge in [0.1, 0.15) is 17.7 Å². The van der Waals surface area contributed by atoms with Gasteiger partial charge in [-0.05, 0) is 56.9 Å². The molecule has 344 valence electrons. The number of carbonyl (C=O) groups excluding carboxylic acids is 4. The van der Waals surface area contributed by atoms with Gasteiger partial charge in [-0.2, -0.15) is 26.3 Å². The van der Waals surface area contributed by atoms with Crippen molar-refractivity contribution >= 4 is 81.7 Å². The number of halogens is 6. The first-order valence-electron chi connectivity index (χ1n) is 19.3. The van der Waals surface area contributed by atoms with E-state index in [1.807, 2.05) is 0 Å². The van der Waals surface area contributed by atoms with Gasteiger partial charge in [0.2, 0.25) is 11.8 Å². The number of amides is 4. The minimum Gasteiger partial charge on any atom is -0.388 e. The highest BCUT2D eigenvalue weighted by Gasteiger charge is 2.34. The van der Waals surface area contributed by atoms with Gasteiger partial charge in [-0.1, -0.05) is 6.42 Å². The number of hydrogen-bond donors (Lipinski definition) is 9. The van der Waals surface area contributed by atoms with Gasteiger partial charge in [-0.25, -0.2) is 9.97 Å². The van der Waals surface area contributed by atoms with E-state index in [-0.39, 0.29) is 75.9 Å². The number of nitrogens with one attached hydrogen (secondary N) is 4. The number of aromatic nitrogens is 2. The Hall–Kier alpha value is -5.66. The van der Waals surface area contributed by atoms with Gasteiger partial charge in [0, 0.05) is 56.6 Å². The van der Waals surface area contributed by atoms with Crippen LogP contribution >= 0.6 is 23.5 Å². The first-order valence-corrected chi connectivity index (χ1v) is 21.2. The second-order valence-corrected chi connectivity index (χ2v) is 15.7. The smallest absolute Gasteiger partial charge is 0.388 e. The van der Waals surface area contributed by atoms with Crippen LogP contribution in [0, 0.1) is 0 Å². The fraction of sp³-hybridized carbons (Fsp3) is 0.421. The van der Waals surface area contributed by atoms with Crippen LogP contribution < -0.4 is 49.9 Å². The monoisotopic (exact) mass is 929 g/mol. The molecule has 0 fully saturated rings. The number of guanidine groups is 1. The van der Waals surface area contributed by atoms with E-state index in [2.05, 4.69) is 41.2 Å². The third-order valence-electron chi connectivity index (χ3n) is 8.27. The van der Waals surface area contributed by atoms with E-state index in [0.717, 1.165) is 48.1 Å². The summed E-state index contributed by atoms with van der Waals surface area (Å²) in [5.41, 5.74) is 22.8. The van der Waals surface area contributed by atoms with E-state index in [9.17, 15) is 45.5 Å². The summed E-state index contributed by atoms with van der Waals surface area (Å²) in [5.74, 6) is -2.81. The number of amidine groups is 1. The predicted octanol–water partition coefficient (Wildman–Crippen LogP) is 5.38. The van der Waals surface area contributed by atoms with Gasteiger partial charge in [0.15, 0.2) is 5.96 Å². The third kappa shape index (κ3) is 17.6. The highest BCUT2D eigenvalue weighted by molar-refractivity contribution is 7.99.